The number of carbonyl (C=O) groups excluding carboxylic acids is 1. The summed E-state index contributed by atoms with van der Waals surface area (Å²) in [5.41, 5.74) is 4.28. The summed E-state index contributed by atoms with van der Waals surface area (Å²) in [6, 6.07) is 0.864. The molecule has 9 heteroatoms. The molecule has 116 valence electrons. The van der Waals surface area contributed by atoms with Crippen molar-refractivity contribution < 1.29 is 18.0 Å². The lowest BCUT2D eigenvalue weighted by molar-refractivity contribution is -0.141. The van der Waals surface area contributed by atoms with Gasteiger partial charge in [0.25, 0.3) is 0 Å². The molecule has 2 heterocycles. The van der Waals surface area contributed by atoms with Crippen LogP contribution in [-0.2, 0) is 11.0 Å². The molecule has 1 fully saturated rings. The minimum absolute atomic E-state index is 0.100. The quantitative estimate of drug-likeness (QED) is 0.853. The number of nitrogens with one attached hydrogen (secondary N) is 1. The number of amides is 1. The highest BCUT2D eigenvalue weighted by Crippen LogP contribution is 2.31. The van der Waals surface area contributed by atoms with E-state index in [4.69, 9.17) is 5.73 Å². The number of nitrogen functional groups attached to an aromatic ring is 1. The van der Waals surface area contributed by atoms with E-state index in [2.05, 4.69) is 15.3 Å². The average Bonchev–Trinajstić information content (AvgIpc) is 2.45. The van der Waals surface area contributed by atoms with Crippen LogP contribution in [0.4, 0.5) is 24.9 Å². The van der Waals surface area contributed by atoms with Crippen LogP contribution in [0.15, 0.2) is 6.07 Å². The van der Waals surface area contributed by atoms with E-state index in [1.807, 2.05) is 0 Å². The number of alkyl halides is 3. The van der Waals surface area contributed by atoms with Crippen molar-refractivity contribution in [1.82, 2.24) is 15.3 Å². The molecular formula is C12H16F3N5O. The van der Waals surface area contributed by atoms with Crippen LogP contribution >= 0.6 is 0 Å². The Kier molecular flexibility index (Phi) is 4.19. The Hall–Kier alpha value is -2.06. The zero-order valence-corrected chi connectivity index (χ0v) is 11.4. The molecule has 0 radical (unpaired) electrons. The van der Waals surface area contributed by atoms with E-state index in [0.29, 0.717) is 25.9 Å². The molecule has 1 saturated heterocycles. The second-order valence-corrected chi connectivity index (χ2v) is 4.87. The molecule has 0 spiro atoms. The highest BCUT2D eigenvalue weighted by molar-refractivity contribution is 5.79. The molecule has 2 rings (SSSR count). The van der Waals surface area contributed by atoms with Crippen LogP contribution in [-0.4, -0.2) is 36.0 Å². The van der Waals surface area contributed by atoms with E-state index in [1.165, 1.54) is 7.05 Å². The lowest BCUT2D eigenvalue weighted by Gasteiger charge is -2.32. The van der Waals surface area contributed by atoms with Gasteiger partial charge in [-0.2, -0.15) is 18.2 Å². The minimum atomic E-state index is -4.58. The molecule has 1 atom stereocenters. The smallest absolute Gasteiger partial charge is 0.368 e. The van der Waals surface area contributed by atoms with Gasteiger partial charge in [-0.25, -0.2) is 4.98 Å². The van der Waals surface area contributed by atoms with Crippen molar-refractivity contribution in [3.8, 4) is 0 Å². The van der Waals surface area contributed by atoms with Crippen LogP contribution in [0, 0.1) is 5.92 Å². The lowest BCUT2D eigenvalue weighted by Crippen LogP contribution is -2.42. The summed E-state index contributed by atoms with van der Waals surface area (Å²) in [7, 11) is 1.53. The first-order chi connectivity index (χ1) is 9.81. The molecule has 1 aromatic heterocycles. The van der Waals surface area contributed by atoms with Crippen LogP contribution in [0.25, 0.3) is 0 Å². The van der Waals surface area contributed by atoms with Crippen molar-refractivity contribution in [2.75, 3.05) is 30.8 Å². The second-order valence-electron chi connectivity index (χ2n) is 4.87. The first-order valence-corrected chi connectivity index (χ1v) is 6.49. The number of piperidine rings is 1. The van der Waals surface area contributed by atoms with Crippen molar-refractivity contribution in [2.45, 2.75) is 19.0 Å². The van der Waals surface area contributed by atoms with Gasteiger partial charge in [0.05, 0.1) is 5.92 Å². The molecule has 1 aromatic rings. The Balaban J connectivity index is 2.25. The number of nitrogens with two attached hydrogens (primary N) is 1. The molecule has 3 N–H and O–H groups in total. The first-order valence-electron chi connectivity index (χ1n) is 6.49. The van der Waals surface area contributed by atoms with Gasteiger partial charge in [-0.15, -0.1) is 0 Å². The van der Waals surface area contributed by atoms with E-state index in [9.17, 15) is 18.0 Å². The van der Waals surface area contributed by atoms with Crippen molar-refractivity contribution in [2.24, 2.45) is 5.92 Å². The van der Waals surface area contributed by atoms with Crippen molar-refractivity contribution in [1.29, 1.82) is 0 Å². The Morgan fingerprint density at radius 1 is 1.48 bits per heavy atom. The minimum Gasteiger partial charge on any atom is -0.368 e. The molecule has 1 unspecified atom stereocenters. The number of anilines is 2. The molecule has 0 bridgehead atoms. The van der Waals surface area contributed by atoms with Gasteiger partial charge in [-0.3, -0.25) is 4.79 Å². The number of carbonyl (C=O) groups is 1. The van der Waals surface area contributed by atoms with Gasteiger partial charge >= 0.3 is 6.18 Å². The standard InChI is InChI=1S/C12H16F3N5O/c1-17-10(21)7-3-2-4-20(6-7)9-5-8(12(13,14)15)18-11(16)19-9/h5,7H,2-4,6H2,1H3,(H,17,21)(H2,16,18,19). The maximum absolute atomic E-state index is 12.7. The molecule has 0 saturated carbocycles. The van der Waals surface area contributed by atoms with Crippen molar-refractivity contribution >= 4 is 17.7 Å². The zero-order valence-electron chi connectivity index (χ0n) is 11.4. The van der Waals surface area contributed by atoms with E-state index in [0.717, 1.165) is 6.07 Å². The Morgan fingerprint density at radius 3 is 2.81 bits per heavy atom. The monoisotopic (exact) mass is 303 g/mol. The number of hydrogen-bond acceptors (Lipinski definition) is 5. The van der Waals surface area contributed by atoms with Crippen LogP contribution in [0.3, 0.4) is 0 Å². The third kappa shape index (κ3) is 3.53. The summed E-state index contributed by atoms with van der Waals surface area (Å²) in [4.78, 5) is 20.4. The van der Waals surface area contributed by atoms with Gasteiger partial charge in [-0.1, -0.05) is 0 Å². The van der Waals surface area contributed by atoms with E-state index in [1.54, 1.807) is 4.90 Å². The molecule has 1 amide bonds. The van der Waals surface area contributed by atoms with E-state index in [-0.39, 0.29) is 17.6 Å². The molecule has 1 aliphatic heterocycles. The van der Waals surface area contributed by atoms with Crippen molar-refractivity contribution in [3.05, 3.63) is 11.8 Å². The zero-order chi connectivity index (χ0) is 15.6. The van der Waals surface area contributed by atoms with Gasteiger partial charge in [0.1, 0.15) is 5.82 Å². The number of halogens is 3. The fourth-order valence-electron chi connectivity index (χ4n) is 2.36. The van der Waals surface area contributed by atoms with Crippen LogP contribution < -0.4 is 16.0 Å². The number of nitrogens with zero attached hydrogens (tertiary/aromatic N) is 3. The summed E-state index contributed by atoms with van der Waals surface area (Å²) >= 11 is 0. The van der Waals surface area contributed by atoms with E-state index >= 15 is 0 Å². The maximum Gasteiger partial charge on any atom is 0.433 e. The Morgan fingerprint density at radius 2 is 2.19 bits per heavy atom. The molecule has 21 heavy (non-hydrogen) atoms. The largest absolute Gasteiger partial charge is 0.433 e. The summed E-state index contributed by atoms with van der Waals surface area (Å²) < 4.78 is 38.2. The van der Waals surface area contributed by atoms with Crippen LogP contribution in [0.5, 0.6) is 0 Å². The summed E-state index contributed by atoms with van der Waals surface area (Å²) in [5, 5.41) is 2.55. The maximum atomic E-state index is 12.7. The highest BCUT2D eigenvalue weighted by atomic mass is 19.4. The van der Waals surface area contributed by atoms with Crippen LogP contribution in [0.1, 0.15) is 18.5 Å². The fourth-order valence-corrected chi connectivity index (χ4v) is 2.36. The number of aromatic nitrogens is 2. The van der Waals surface area contributed by atoms with E-state index < -0.39 is 17.8 Å². The fraction of sp³-hybridized carbons (Fsp3) is 0.583. The van der Waals surface area contributed by atoms with Crippen molar-refractivity contribution in [3.63, 3.8) is 0 Å². The topological polar surface area (TPSA) is 84.1 Å². The summed E-state index contributed by atoms with van der Waals surface area (Å²) in [5.74, 6) is -0.725. The molecule has 1 aliphatic rings. The van der Waals surface area contributed by atoms with Gasteiger partial charge in [-0.05, 0) is 12.8 Å². The predicted octanol–water partition coefficient (Wildman–Crippen LogP) is 1.04. The second kappa shape index (κ2) is 5.74. The number of hydrogen-bond donors (Lipinski definition) is 2. The third-order valence-corrected chi connectivity index (χ3v) is 3.38. The Bertz CT molecular complexity index is 534. The summed E-state index contributed by atoms with van der Waals surface area (Å²) in [6.07, 6.45) is -3.19. The molecule has 0 aromatic carbocycles. The SMILES string of the molecule is CNC(=O)C1CCCN(c2cc(C(F)(F)F)nc(N)n2)C1. The van der Waals surface area contributed by atoms with Gasteiger partial charge in [0.15, 0.2) is 5.69 Å². The third-order valence-electron chi connectivity index (χ3n) is 3.38. The summed E-state index contributed by atoms with van der Waals surface area (Å²) in [6.45, 7) is 0.842. The first kappa shape index (κ1) is 15.3. The van der Waals surface area contributed by atoms with Crippen LogP contribution in [0.2, 0.25) is 0 Å². The highest BCUT2D eigenvalue weighted by Gasteiger charge is 2.35. The number of rotatable bonds is 2. The van der Waals surface area contributed by atoms with Gasteiger partial charge < -0.3 is 16.0 Å². The van der Waals surface area contributed by atoms with Gasteiger partial charge in [0, 0.05) is 26.2 Å². The molecule has 0 aliphatic carbocycles. The normalized spacial score (nSPS) is 19.4. The molecule has 6 nitrogen and oxygen atoms in total. The Labute approximate surface area is 119 Å². The lowest BCUT2D eigenvalue weighted by atomic mass is 9.97. The average molecular weight is 303 g/mol. The van der Waals surface area contributed by atoms with Gasteiger partial charge in [0.2, 0.25) is 11.9 Å². The molecular weight excluding hydrogens is 287 g/mol. The predicted molar refractivity (Wildman–Crippen MR) is 70.5 cm³/mol.